The molecule has 1 N–H and O–H groups in total. The van der Waals surface area contributed by atoms with Crippen LogP contribution in [0.1, 0.15) is 57.1 Å². The normalized spacial score (nSPS) is 36.4. The summed E-state index contributed by atoms with van der Waals surface area (Å²) < 4.78 is 18.2. The van der Waals surface area contributed by atoms with Crippen molar-refractivity contribution in [2.75, 3.05) is 26.4 Å². The number of morpholine rings is 1. The van der Waals surface area contributed by atoms with Gasteiger partial charge in [-0.1, -0.05) is 0 Å². The summed E-state index contributed by atoms with van der Waals surface area (Å²) in [4.78, 5) is 32.2. The number of hydrogen-bond acceptors (Lipinski definition) is 6. The van der Waals surface area contributed by atoms with Crippen LogP contribution in [0.2, 0.25) is 0 Å². The van der Waals surface area contributed by atoms with E-state index in [0.717, 1.165) is 44.2 Å². The molecule has 1 aromatic rings. The molecule has 0 radical (unpaired) electrons. The number of hydrogen-bond donors (Lipinski definition) is 1. The summed E-state index contributed by atoms with van der Waals surface area (Å²) in [6, 6.07) is 3.49. The average molecular weight is 430 g/mol. The molecule has 5 aliphatic rings. The highest BCUT2D eigenvalue weighted by Crippen LogP contribution is 2.39. The zero-order valence-electron chi connectivity index (χ0n) is 18.0. The molecule has 3 unspecified atom stereocenters. The maximum atomic E-state index is 13.5. The minimum Gasteiger partial charge on any atom is -0.479 e. The lowest BCUT2D eigenvalue weighted by atomic mass is 9.80. The van der Waals surface area contributed by atoms with Crippen molar-refractivity contribution in [2.24, 2.45) is 0 Å². The number of nitrogens with one attached hydrogen (secondary N) is 1. The number of carbonyl (C=O) groups is 2. The first-order valence-electron chi connectivity index (χ1n) is 11.5. The van der Waals surface area contributed by atoms with Crippen LogP contribution in [0.15, 0.2) is 18.3 Å². The van der Waals surface area contributed by atoms with Gasteiger partial charge in [-0.3, -0.25) is 14.6 Å². The van der Waals surface area contributed by atoms with Gasteiger partial charge in [-0.05, 0) is 57.6 Å². The van der Waals surface area contributed by atoms with Gasteiger partial charge in [0, 0.05) is 18.7 Å². The second-order valence-corrected chi connectivity index (χ2v) is 9.30. The first-order valence-corrected chi connectivity index (χ1v) is 11.5. The van der Waals surface area contributed by atoms with Gasteiger partial charge in [0.15, 0.2) is 6.10 Å². The Morgan fingerprint density at radius 2 is 2.06 bits per heavy atom. The van der Waals surface area contributed by atoms with Crippen LogP contribution in [0.25, 0.3) is 0 Å². The Hall–Kier alpha value is -2.19. The van der Waals surface area contributed by atoms with E-state index in [9.17, 15) is 9.59 Å². The number of nitrogens with zero attached hydrogens (tertiary/aromatic N) is 2. The molecule has 31 heavy (non-hydrogen) atoms. The average Bonchev–Trinajstić information content (AvgIpc) is 2.79. The third-order valence-corrected chi connectivity index (χ3v) is 7.30. The van der Waals surface area contributed by atoms with Crippen LogP contribution >= 0.6 is 0 Å². The molecular weight excluding hydrogens is 398 g/mol. The highest BCUT2D eigenvalue weighted by Gasteiger charge is 2.50. The van der Waals surface area contributed by atoms with Gasteiger partial charge >= 0.3 is 0 Å². The maximum Gasteiger partial charge on any atom is 0.263 e. The summed E-state index contributed by atoms with van der Waals surface area (Å²) in [5, 5.41) is 3.16. The van der Waals surface area contributed by atoms with Crippen LogP contribution in [-0.4, -0.2) is 71.9 Å². The maximum absolute atomic E-state index is 13.5. The summed E-state index contributed by atoms with van der Waals surface area (Å²) in [7, 11) is 0. The fraction of sp³-hybridized carbons (Fsp3) is 0.696. The highest BCUT2D eigenvalue weighted by atomic mass is 16.5. The van der Waals surface area contributed by atoms with Crippen molar-refractivity contribution >= 4 is 11.8 Å². The Morgan fingerprint density at radius 3 is 2.87 bits per heavy atom. The molecule has 2 bridgehead atoms. The summed E-state index contributed by atoms with van der Waals surface area (Å²) in [5.41, 5.74) is 0.333. The van der Waals surface area contributed by atoms with Crippen LogP contribution in [0.4, 0.5) is 0 Å². The summed E-state index contributed by atoms with van der Waals surface area (Å²) in [6.07, 6.45) is 6.73. The Morgan fingerprint density at radius 1 is 1.23 bits per heavy atom. The van der Waals surface area contributed by atoms with Gasteiger partial charge in [-0.15, -0.1) is 0 Å². The number of aromatic nitrogens is 1. The molecule has 0 aromatic carbocycles. The smallest absolute Gasteiger partial charge is 0.263 e. The standard InChI is InChI=1S/C23H31N3O5/c1-15-22(28)26-11-3-9-23(14-29-13-20(27)25-23)19(26)12-30-17-7-5-16(6-8-17)21-18(31-15)4-2-10-24-21/h2,4,10,15-17,19H,3,5-9,11-14H2,1H3,(H,25,27). The van der Waals surface area contributed by atoms with E-state index in [1.54, 1.807) is 13.1 Å². The van der Waals surface area contributed by atoms with Gasteiger partial charge in [0.2, 0.25) is 5.91 Å². The monoisotopic (exact) mass is 429 g/mol. The van der Waals surface area contributed by atoms with Crippen LogP contribution in [-0.2, 0) is 19.1 Å². The lowest BCUT2D eigenvalue weighted by Crippen LogP contribution is -2.72. The molecule has 8 heteroatoms. The molecule has 3 atom stereocenters. The molecule has 1 spiro atoms. The molecule has 1 aromatic heterocycles. The Balaban J connectivity index is 1.49. The fourth-order valence-corrected chi connectivity index (χ4v) is 5.70. The topological polar surface area (TPSA) is 90.0 Å². The van der Waals surface area contributed by atoms with E-state index in [1.165, 1.54) is 0 Å². The second-order valence-electron chi connectivity index (χ2n) is 9.30. The number of carbonyl (C=O) groups excluding carboxylic acids is 2. The molecular formula is C23H31N3O5. The molecule has 168 valence electrons. The van der Waals surface area contributed by atoms with Crippen molar-refractivity contribution in [3.63, 3.8) is 0 Å². The van der Waals surface area contributed by atoms with Gasteiger partial charge in [0.25, 0.3) is 5.91 Å². The molecule has 4 aliphatic heterocycles. The third kappa shape index (κ3) is 3.91. The summed E-state index contributed by atoms with van der Waals surface area (Å²) in [5.74, 6) is 0.797. The molecule has 8 nitrogen and oxygen atoms in total. The third-order valence-electron chi connectivity index (χ3n) is 7.30. The van der Waals surface area contributed by atoms with Crippen LogP contribution in [0.5, 0.6) is 5.75 Å². The van der Waals surface area contributed by atoms with Crippen LogP contribution in [0, 0.1) is 0 Å². The van der Waals surface area contributed by atoms with Crippen molar-refractivity contribution in [1.82, 2.24) is 15.2 Å². The number of ether oxygens (including phenoxy) is 3. The van der Waals surface area contributed by atoms with Gasteiger partial charge in [-0.2, -0.15) is 0 Å². The van der Waals surface area contributed by atoms with E-state index in [2.05, 4.69) is 10.3 Å². The Labute approximate surface area is 182 Å². The number of piperidine rings is 1. The van der Waals surface area contributed by atoms with Crippen LogP contribution in [0.3, 0.4) is 0 Å². The van der Waals surface area contributed by atoms with E-state index in [0.29, 0.717) is 31.4 Å². The van der Waals surface area contributed by atoms with E-state index < -0.39 is 11.6 Å². The lowest BCUT2D eigenvalue weighted by Gasteiger charge is -2.52. The van der Waals surface area contributed by atoms with Gasteiger partial charge in [0.05, 0.1) is 36.6 Å². The fourth-order valence-electron chi connectivity index (χ4n) is 5.70. The van der Waals surface area contributed by atoms with Crippen molar-refractivity contribution in [1.29, 1.82) is 0 Å². The molecule has 1 saturated carbocycles. The van der Waals surface area contributed by atoms with E-state index in [1.807, 2.05) is 17.0 Å². The molecule has 3 fully saturated rings. The van der Waals surface area contributed by atoms with E-state index in [-0.39, 0.29) is 30.6 Å². The van der Waals surface area contributed by atoms with Gasteiger partial charge < -0.3 is 24.4 Å². The van der Waals surface area contributed by atoms with Crippen molar-refractivity contribution < 1.29 is 23.8 Å². The predicted octanol–water partition coefficient (Wildman–Crippen LogP) is 1.78. The number of pyridine rings is 1. The molecule has 2 saturated heterocycles. The molecule has 2 amide bonds. The highest BCUT2D eigenvalue weighted by molar-refractivity contribution is 5.82. The summed E-state index contributed by atoms with van der Waals surface area (Å²) in [6.45, 7) is 3.27. The minimum atomic E-state index is -0.654. The number of fused-ring (bicyclic) bond motifs is 5. The SMILES string of the molecule is CC1Oc2cccnc2C2CCC(CC2)OCC2N(CCCC23COCC(=O)N3)C1=O. The van der Waals surface area contributed by atoms with Crippen molar-refractivity contribution in [3.8, 4) is 5.75 Å². The first kappa shape index (κ1) is 20.7. The predicted molar refractivity (Wildman–Crippen MR) is 112 cm³/mol. The molecule has 1 aliphatic carbocycles. The largest absolute Gasteiger partial charge is 0.479 e. The first-order chi connectivity index (χ1) is 15.1. The van der Waals surface area contributed by atoms with Gasteiger partial charge in [-0.25, -0.2) is 0 Å². The molecule has 5 heterocycles. The quantitative estimate of drug-likeness (QED) is 0.676. The Kier molecular flexibility index (Phi) is 5.60. The number of amides is 2. The van der Waals surface area contributed by atoms with Crippen molar-refractivity contribution in [3.05, 3.63) is 24.0 Å². The zero-order chi connectivity index (χ0) is 21.4. The van der Waals surface area contributed by atoms with E-state index >= 15 is 0 Å². The van der Waals surface area contributed by atoms with E-state index in [4.69, 9.17) is 14.2 Å². The summed E-state index contributed by atoms with van der Waals surface area (Å²) >= 11 is 0. The lowest BCUT2D eigenvalue weighted by molar-refractivity contribution is -0.159. The minimum absolute atomic E-state index is 0.0661. The van der Waals surface area contributed by atoms with Crippen LogP contribution < -0.4 is 10.1 Å². The van der Waals surface area contributed by atoms with Crippen molar-refractivity contribution in [2.45, 2.75) is 75.2 Å². The van der Waals surface area contributed by atoms with Gasteiger partial charge in [0.1, 0.15) is 12.4 Å². The molecule has 6 rings (SSSR count). The zero-order valence-corrected chi connectivity index (χ0v) is 18.0. The number of rotatable bonds is 0. The Bertz CT molecular complexity index is 836. The second kappa shape index (κ2) is 8.39.